The van der Waals surface area contributed by atoms with Gasteiger partial charge in [0, 0.05) is 12.8 Å². The molecule has 0 aromatic heterocycles. The van der Waals surface area contributed by atoms with Crippen LogP contribution in [0.25, 0.3) is 0 Å². The van der Waals surface area contributed by atoms with Gasteiger partial charge in [-0.15, -0.1) is 0 Å². The Labute approximate surface area is 508 Å². The predicted octanol–water partition coefficient (Wildman–Crippen LogP) is 22.6. The molecule has 0 aromatic carbocycles. The highest BCUT2D eigenvalue weighted by Crippen LogP contribution is 2.43. The summed E-state index contributed by atoms with van der Waals surface area (Å²) in [7, 11) is 1.49. The molecule has 0 amide bonds. The van der Waals surface area contributed by atoms with E-state index in [1.165, 1.54) is 244 Å². The van der Waals surface area contributed by atoms with E-state index >= 15 is 0 Å². The van der Waals surface area contributed by atoms with Gasteiger partial charge in [-0.1, -0.05) is 299 Å². The molecule has 0 heterocycles. The number of nitrogens with zero attached hydrogens (tertiary/aromatic N) is 1. The summed E-state index contributed by atoms with van der Waals surface area (Å²) in [5, 5.41) is 0. The van der Waals surface area contributed by atoms with Crippen LogP contribution in [-0.2, 0) is 32.7 Å². The van der Waals surface area contributed by atoms with Gasteiger partial charge in [-0.05, 0) is 83.5 Å². The molecule has 0 fully saturated rings. The molecule has 0 saturated heterocycles. The van der Waals surface area contributed by atoms with Gasteiger partial charge in [-0.2, -0.15) is 0 Å². The Balaban J connectivity index is 4.03. The zero-order valence-electron chi connectivity index (χ0n) is 54.7. The Morgan fingerprint density at radius 3 is 0.976 bits per heavy atom. The van der Waals surface area contributed by atoms with Gasteiger partial charge in [0.2, 0.25) is 0 Å². The molecule has 0 aromatic rings. The van der Waals surface area contributed by atoms with Crippen LogP contribution < -0.4 is 0 Å². The number of phosphoric acid groups is 1. The summed E-state index contributed by atoms with van der Waals surface area (Å²) < 4.78 is 34.7. The van der Waals surface area contributed by atoms with Crippen molar-refractivity contribution in [2.75, 3.05) is 47.5 Å². The normalized spacial score (nSPS) is 13.5. The van der Waals surface area contributed by atoms with E-state index in [4.69, 9.17) is 18.5 Å². The lowest BCUT2D eigenvalue weighted by molar-refractivity contribution is -0.870. The molecule has 2 unspecified atom stereocenters. The minimum Gasteiger partial charge on any atom is -0.462 e. The fourth-order valence-corrected chi connectivity index (χ4v) is 10.9. The third-order valence-electron chi connectivity index (χ3n) is 15.5. The number of ether oxygens (including phenoxy) is 2. The fraction of sp³-hybridized carbons (Fsp3) is 0.833. The second-order valence-electron chi connectivity index (χ2n) is 24.9. The summed E-state index contributed by atoms with van der Waals surface area (Å²) in [6.45, 7) is 4.46. The fourth-order valence-electron chi connectivity index (χ4n) is 10.1. The van der Waals surface area contributed by atoms with Crippen molar-refractivity contribution < 1.29 is 42.1 Å². The van der Waals surface area contributed by atoms with Crippen molar-refractivity contribution in [2.45, 2.75) is 341 Å². The quantitative estimate of drug-likeness (QED) is 0.0211. The molecule has 0 aliphatic rings. The maximum Gasteiger partial charge on any atom is 0.472 e. The number of phosphoric ester groups is 1. The smallest absolute Gasteiger partial charge is 0.462 e. The first-order chi connectivity index (χ1) is 40.0. The number of allylic oxidation sites excluding steroid dienone is 10. The molecule has 1 N–H and O–H groups in total. The minimum absolute atomic E-state index is 0.0315. The Bertz CT molecular complexity index is 1570. The monoisotopic (exact) mass is 1170 g/mol. The highest BCUT2D eigenvalue weighted by molar-refractivity contribution is 7.47. The third-order valence-corrected chi connectivity index (χ3v) is 16.5. The number of likely N-dealkylation sites (N-methyl/N-ethyl adjacent to an activating group) is 1. The van der Waals surface area contributed by atoms with Crippen molar-refractivity contribution >= 4 is 19.8 Å². The molecule has 0 spiro atoms. The molecular weight excluding hydrogens is 1040 g/mol. The predicted molar refractivity (Wildman–Crippen MR) is 353 cm³/mol. The molecule has 0 rings (SSSR count). The maximum atomic E-state index is 12.9. The van der Waals surface area contributed by atoms with E-state index < -0.39 is 26.5 Å². The van der Waals surface area contributed by atoms with Gasteiger partial charge >= 0.3 is 19.8 Å². The van der Waals surface area contributed by atoms with Crippen molar-refractivity contribution in [1.82, 2.24) is 0 Å². The van der Waals surface area contributed by atoms with E-state index in [9.17, 15) is 19.0 Å². The van der Waals surface area contributed by atoms with Gasteiger partial charge in [-0.25, -0.2) is 4.57 Å². The first kappa shape index (κ1) is 79.7. The Morgan fingerprint density at radius 1 is 0.378 bits per heavy atom. The largest absolute Gasteiger partial charge is 0.472 e. The zero-order chi connectivity index (χ0) is 59.8. The molecule has 0 aliphatic heterocycles. The van der Waals surface area contributed by atoms with Crippen molar-refractivity contribution in [1.29, 1.82) is 0 Å². The second-order valence-corrected chi connectivity index (χ2v) is 26.4. The third kappa shape index (κ3) is 66.8. The Kier molecular flexibility index (Phi) is 61.5. The molecule has 0 radical (unpaired) electrons. The molecular formula is C72H135NO8P+. The van der Waals surface area contributed by atoms with Crippen LogP contribution in [0.3, 0.4) is 0 Å². The summed E-state index contributed by atoms with van der Waals surface area (Å²) in [5.41, 5.74) is 0. The molecule has 480 valence electrons. The highest BCUT2D eigenvalue weighted by Gasteiger charge is 2.27. The summed E-state index contributed by atoms with van der Waals surface area (Å²) in [6.07, 6.45) is 83.2. The molecule has 0 bridgehead atoms. The highest BCUT2D eigenvalue weighted by atomic mass is 31.2. The van der Waals surface area contributed by atoms with E-state index in [2.05, 4.69) is 74.6 Å². The van der Waals surface area contributed by atoms with E-state index in [1.807, 2.05) is 21.1 Å². The number of rotatable bonds is 65. The van der Waals surface area contributed by atoms with Crippen molar-refractivity contribution in [3.63, 3.8) is 0 Å². The van der Waals surface area contributed by atoms with E-state index in [0.717, 1.165) is 57.8 Å². The van der Waals surface area contributed by atoms with E-state index in [0.29, 0.717) is 23.9 Å². The lowest BCUT2D eigenvalue weighted by atomic mass is 10.0. The number of quaternary nitrogens is 1. The van der Waals surface area contributed by atoms with Gasteiger partial charge in [0.1, 0.15) is 19.8 Å². The molecule has 0 aliphatic carbocycles. The Morgan fingerprint density at radius 2 is 0.659 bits per heavy atom. The summed E-state index contributed by atoms with van der Waals surface area (Å²) in [4.78, 5) is 35.9. The van der Waals surface area contributed by atoms with Gasteiger partial charge in [0.05, 0.1) is 27.7 Å². The molecule has 0 saturated carbocycles. The van der Waals surface area contributed by atoms with Gasteiger partial charge in [0.25, 0.3) is 0 Å². The summed E-state index contributed by atoms with van der Waals surface area (Å²) in [6, 6.07) is 0. The number of hydrogen-bond acceptors (Lipinski definition) is 7. The van der Waals surface area contributed by atoms with Crippen molar-refractivity contribution in [2.24, 2.45) is 0 Å². The van der Waals surface area contributed by atoms with Gasteiger partial charge in [0.15, 0.2) is 6.10 Å². The van der Waals surface area contributed by atoms with Crippen molar-refractivity contribution in [3.05, 3.63) is 60.8 Å². The first-order valence-electron chi connectivity index (χ1n) is 35.0. The SMILES string of the molecule is CCCCCCC/C=C\C/C=C\C/C=C\CCCCCCCCCCCCCCC(=O)OC(COC(=O)CCCCCCCCCCCCCCCCCCCCC/C=C\C/C=C\CCCCCCC)COP(=O)(O)OCC[N+](C)(C)C. The Hall–Kier alpha value is -2.29. The van der Waals surface area contributed by atoms with Crippen LogP contribution in [0.4, 0.5) is 0 Å². The molecule has 9 nitrogen and oxygen atoms in total. The van der Waals surface area contributed by atoms with Crippen LogP contribution in [0.2, 0.25) is 0 Å². The lowest BCUT2D eigenvalue weighted by Gasteiger charge is -2.24. The second kappa shape index (κ2) is 63.2. The molecule has 2 atom stereocenters. The van der Waals surface area contributed by atoms with Crippen LogP contribution in [0.5, 0.6) is 0 Å². The van der Waals surface area contributed by atoms with Crippen LogP contribution in [0.15, 0.2) is 60.8 Å². The van der Waals surface area contributed by atoms with Gasteiger partial charge in [-0.3, -0.25) is 18.6 Å². The minimum atomic E-state index is -4.39. The van der Waals surface area contributed by atoms with Crippen LogP contribution in [-0.4, -0.2) is 74.9 Å². The number of hydrogen-bond donors (Lipinski definition) is 1. The number of carbonyl (C=O) groups is 2. The average Bonchev–Trinajstić information content (AvgIpc) is 3.46. The van der Waals surface area contributed by atoms with Crippen molar-refractivity contribution in [3.8, 4) is 0 Å². The number of esters is 2. The zero-order valence-corrected chi connectivity index (χ0v) is 55.6. The topological polar surface area (TPSA) is 108 Å². The first-order valence-corrected chi connectivity index (χ1v) is 36.5. The maximum absolute atomic E-state index is 12.9. The van der Waals surface area contributed by atoms with Crippen LogP contribution in [0, 0.1) is 0 Å². The van der Waals surface area contributed by atoms with Crippen LogP contribution in [0.1, 0.15) is 335 Å². The van der Waals surface area contributed by atoms with E-state index in [-0.39, 0.29) is 25.6 Å². The summed E-state index contributed by atoms with van der Waals surface area (Å²) >= 11 is 0. The number of unbranched alkanes of at least 4 members (excludes halogenated alkanes) is 41. The van der Waals surface area contributed by atoms with Crippen LogP contribution >= 0.6 is 7.82 Å². The molecule has 10 heteroatoms. The number of carbonyl (C=O) groups excluding carboxylic acids is 2. The van der Waals surface area contributed by atoms with Gasteiger partial charge < -0.3 is 18.9 Å². The molecule has 82 heavy (non-hydrogen) atoms. The standard InChI is InChI=1S/C72H134NO8P/c1-6-8-10-12-14-16-18-20-22-24-26-28-30-32-34-35-36-37-39-40-42-44-46-48-50-52-54-56-58-60-62-64-71(74)78-68-70(69-80-82(76,77)79-67-66-73(3,4)5)81-72(75)65-63-61-59-57-55-53-51-49-47-45-43-41-38-33-31-29-27-25-23-21-19-17-15-13-11-9-7-2/h18-21,24-27,31,33,70H,6-17,22-23,28-30,32,34-69H2,1-5H3/p+1/b20-18-,21-19-,26-24-,27-25-,33-31-. The summed E-state index contributed by atoms with van der Waals surface area (Å²) in [5.74, 6) is -0.785. The lowest BCUT2D eigenvalue weighted by Crippen LogP contribution is -2.37. The average molecular weight is 1170 g/mol. The van der Waals surface area contributed by atoms with E-state index in [1.54, 1.807) is 0 Å².